The third-order valence-corrected chi connectivity index (χ3v) is 2.35. The van der Waals surface area contributed by atoms with Crippen molar-refractivity contribution in [3.63, 3.8) is 0 Å². The van der Waals surface area contributed by atoms with E-state index in [1.165, 1.54) is 0 Å². The standard InChI is InChI=1S/C8H9FSi/c1-2-7-5-3-4-6-8(7)10-9/h2-6H,1,10H2. The summed E-state index contributed by atoms with van der Waals surface area (Å²) in [6, 6.07) is 7.46. The maximum absolute atomic E-state index is 12.3. The smallest absolute Gasteiger partial charge is 0.248 e. The van der Waals surface area contributed by atoms with Crippen LogP contribution in [0.4, 0.5) is 4.11 Å². The van der Waals surface area contributed by atoms with E-state index in [-0.39, 0.29) is 0 Å². The van der Waals surface area contributed by atoms with Gasteiger partial charge < -0.3 is 4.11 Å². The third-order valence-electron chi connectivity index (χ3n) is 1.42. The predicted molar refractivity (Wildman–Crippen MR) is 45.8 cm³/mol. The highest BCUT2D eigenvalue weighted by atomic mass is 28.3. The molecule has 0 aliphatic rings. The molecule has 0 unspecified atom stereocenters. The summed E-state index contributed by atoms with van der Waals surface area (Å²) < 4.78 is 12.3. The highest BCUT2D eigenvalue weighted by Gasteiger charge is 1.95. The second-order valence-electron chi connectivity index (χ2n) is 2.04. The summed E-state index contributed by atoms with van der Waals surface area (Å²) >= 11 is 0. The van der Waals surface area contributed by atoms with Crippen LogP contribution in [-0.4, -0.2) is 9.85 Å². The first-order valence-electron chi connectivity index (χ1n) is 3.15. The van der Waals surface area contributed by atoms with Gasteiger partial charge in [0.2, 0.25) is 9.85 Å². The molecule has 0 fully saturated rings. The van der Waals surface area contributed by atoms with E-state index in [1.54, 1.807) is 6.08 Å². The van der Waals surface area contributed by atoms with E-state index in [2.05, 4.69) is 6.58 Å². The van der Waals surface area contributed by atoms with Crippen LogP contribution < -0.4 is 5.19 Å². The van der Waals surface area contributed by atoms with E-state index in [9.17, 15) is 4.11 Å². The molecule has 1 rings (SSSR count). The van der Waals surface area contributed by atoms with Gasteiger partial charge in [-0.1, -0.05) is 36.9 Å². The zero-order valence-electron chi connectivity index (χ0n) is 5.68. The highest BCUT2D eigenvalue weighted by Crippen LogP contribution is 1.96. The minimum atomic E-state index is -1.52. The van der Waals surface area contributed by atoms with Crippen molar-refractivity contribution in [3.8, 4) is 0 Å². The van der Waals surface area contributed by atoms with Gasteiger partial charge in [0, 0.05) is 0 Å². The molecule has 1 aromatic rings. The molecular formula is C8H9FSi. The fourth-order valence-corrected chi connectivity index (χ4v) is 1.50. The molecule has 0 bridgehead atoms. The van der Waals surface area contributed by atoms with Gasteiger partial charge in [0.1, 0.15) is 0 Å². The fraction of sp³-hybridized carbons (Fsp3) is 0. The Morgan fingerprint density at radius 2 is 2.10 bits per heavy atom. The monoisotopic (exact) mass is 152 g/mol. The SMILES string of the molecule is C=Cc1ccccc1[SiH2]F. The zero-order chi connectivity index (χ0) is 7.40. The molecule has 0 radical (unpaired) electrons. The number of rotatable bonds is 2. The van der Waals surface area contributed by atoms with Crippen molar-refractivity contribution in [1.82, 2.24) is 0 Å². The minimum absolute atomic E-state index is 0.845. The van der Waals surface area contributed by atoms with Crippen LogP contribution in [0, 0.1) is 0 Å². The zero-order valence-corrected chi connectivity index (χ0v) is 7.09. The lowest BCUT2D eigenvalue weighted by Crippen LogP contribution is -2.12. The van der Waals surface area contributed by atoms with Crippen molar-refractivity contribution in [2.24, 2.45) is 0 Å². The maximum atomic E-state index is 12.3. The molecular weight excluding hydrogens is 143 g/mol. The van der Waals surface area contributed by atoms with E-state index >= 15 is 0 Å². The van der Waals surface area contributed by atoms with Crippen LogP contribution in [0.3, 0.4) is 0 Å². The quantitative estimate of drug-likeness (QED) is 0.438. The van der Waals surface area contributed by atoms with Crippen LogP contribution in [0.5, 0.6) is 0 Å². The van der Waals surface area contributed by atoms with Gasteiger partial charge in [-0.2, -0.15) is 0 Å². The van der Waals surface area contributed by atoms with Crippen LogP contribution in [0.2, 0.25) is 0 Å². The van der Waals surface area contributed by atoms with E-state index < -0.39 is 9.85 Å². The van der Waals surface area contributed by atoms with Crippen LogP contribution >= 0.6 is 0 Å². The maximum Gasteiger partial charge on any atom is 0.248 e. The largest absolute Gasteiger partial charge is 0.317 e. The first-order chi connectivity index (χ1) is 4.88. The predicted octanol–water partition coefficient (Wildman–Crippen LogP) is 1.01. The Labute approximate surface area is 62.4 Å². The fourth-order valence-electron chi connectivity index (χ4n) is 0.855. The molecule has 0 saturated carbocycles. The first kappa shape index (κ1) is 7.22. The second kappa shape index (κ2) is 3.32. The minimum Gasteiger partial charge on any atom is -0.317 e. The summed E-state index contributed by atoms with van der Waals surface area (Å²) in [6.45, 7) is 3.60. The number of benzene rings is 1. The number of hydrogen-bond donors (Lipinski definition) is 0. The van der Waals surface area contributed by atoms with Gasteiger partial charge in [-0.05, 0) is 10.8 Å². The van der Waals surface area contributed by atoms with E-state index in [1.807, 2.05) is 24.3 Å². The molecule has 0 N–H and O–H groups in total. The average molecular weight is 152 g/mol. The molecule has 0 aromatic heterocycles. The summed E-state index contributed by atoms with van der Waals surface area (Å²) in [6.07, 6.45) is 1.70. The topological polar surface area (TPSA) is 0 Å². The van der Waals surface area contributed by atoms with Gasteiger partial charge in [-0.15, -0.1) is 0 Å². The molecule has 2 heteroatoms. The molecule has 0 saturated heterocycles. The first-order valence-corrected chi connectivity index (χ1v) is 4.39. The Morgan fingerprint density at radius 3 is 2.60 bits per heavy atom. The lowest BCUT2D eigenvalue weighted by atomic mass is 10.2. The van der Waals surface area contributed by atoms with Crippen molar-refractivity contribution in [1.29, 1.82) is 0 Å². The van der Waals surface area contributed by atoms with Crippen LogP contribution in [0.25, 0.3) is 6.08 Å². The van der Waals surface area contributed by atoms with E-state index in [0.29, 0.717) is 0 Å². The Hall–Kier alpha value is -0.893. The van der Waals surface area contributed by atoms with Crippen LogP contribution in [-0.2, 0) is 0 Å². The summed E-state index contributed by atoms with van der Waals surface area (Å²) in [5.41, 5.74) is 0.941. The Bertz CT molecular complexity index is 232. The molecule has 52 valence electrons. The molecule has 0 nitrogen and oxygen atoms in total. The molecule has 0 atom stereocenters. The van der Waals surface area contributed by atoms with Crippen LogP contribution in [0.1, 0.15) is 5.56 Å². The summed E-state index contributed by atoms with van der Waals surface area (Å²) in [4.78, 5) is 0. The summed E-state index contributed by atoms with van der Waals surface area (Å²) in [5, 5.41) is 0.845. The van der Waals surface area contributed by atoms with Crippen molar-refractivity contribution in [2.75, 3.05) is 0 Å². The second-order valence-corrected chi connectivity index (χ2v) is 3.07. The highest BCUT2D eigenvalue weighted by molar-refractivity contribution is 6.47. The normalized spacial score (nSPS) is 10.5. The molecule has 0 aliphatic heterocycles. The van der Waals surface area contributed by atoms with Gasteiger partial charge in [0.05, 0.1) is 0 Å². The van der Waals surface area contributed by atoms with Gasteiger partial charge in [0.15, 0.2) is 0 Å². The van der Waals surface area contributed by atoms with Crippen molar-refractivity contribution < 1.29 is 4.11 Å². The molecule has 0 amide bonds. The number of hydrogen-bond acceptors (Lipinski definition) is 0. The average Bonchev–Trinajstić information content (AvgIpc) is 2.04. The van der Waals surface area contributed by atoms with Crippen molar-refractivity contribution in [2.45, 2.75) is 0 Å². The summed E-state index contributed by atoms with van der Waals surface area (Å²) in [7, 11) is -1.52. The van der Waals surface area contributed by atoms with Gasteiger partial charge in [-0.25, -0.2) is 0 Å². The lowest BCUT2D eigenvalue weighted by molar-refractivity contribution is 0.884. The Kier molecular flexibility index (Phi) is 2.40. The van der Waals surface area contributed by atoms with Crippen LogP contribution in [0.15, 0.2) is 30.8 Å². The molecule has 0 aliphatic carbocycles. The van der Waals surface area contributed by atoms with E-state index in [4.69, 9.17) is 0 Å². The Morgan fingerprint density at radius 1 is 1.40 bits per heavy atom. The van der Waals surface area contributed by atoms with Crippen molar-refractivity contribution >= 4 is 21.1 Å². The van der Waals surface area contributed by atoms with Gasteiger partial charge >= 0.3 is 0 Å². The third kappa shape index (κ3) is 1.33. The Balaban J connectivity index is 3.08. The van der Waals surface area contributed by atoms with E-state index in [0.717, 1.165) is 10.8 Å². The number of halogens is 1. The molecule has 1 aromatic carbocycles. The lowest BCUT2D eigenvalue weighted by Gasteiger charge is -1.97. The molecule has 0 spiro atoms. The van der Waals surface area contributed by atoms with Gasteiger partial charge in [-0.3, -0.25) is 0 Å². The van der Waals surface area contributed by atoms with Gasteiger partial charge in [0.25, 0.3) is 0 Å². The molecule has 10 heavy (non-hydrogen) atoms. The van der Waals surface area contributed by atoms with Crippen molar-refractivity contribution in [3.05, 3.63) is 36.4 Å². The molecule has 0 heterocycles. The summed E-state index contributed by atoms with van der Waals surface area (Å²) in [5.74, 6) is 0.